The van der Waals surface area contributed by atoms with Crippen molar-refractivity contribution in [2.45, 2.75) is 13.8 Å². The Morgan fingerprint density at radius 3 is 2.67 bits per heavy atom. The van der Waals surface area contributed by atoms with Gasteiger partial charge in [-0.15, -0.1) is 0 Å². The van der Waals surface area contributed by atoms with Gasteiger partial charge in [0, 0.05) is 17.8 Å². The second kappa shape index (κ2) is 6.35. The van der Waals surface area contributed by atoms with Crippen LogP contribution in [-0.2, 0) is 4.79 Å². The summed E-state index contributed by atoms with van der Waals surface area (Å²) in [5, 5.41) is 9.20. The molecule has 0 aliphatic heterocycles. The van der Waals surface area contributed by atoms with Crippen molar-refractivity contribution in [3.8, 4) is 0 Å². The Labute approximate surface area is 110 Å². The maximum Gasteiger partial charge on any atom is 0.323 e. The topological polar surface area (TPSA) is 70.5 Å². The second-order valence-corrected chi connectivity index (χ2v) is 4.77. The number of nitrogens with zero attached hydrogens (tertiary/aromatic N) is 2. The number of carboxylic acid groups (broad SMARTS) is 1. The molecule has 1 rings (SSSR count). The van der Waals surface area contributed by atoms with E-state index in [1.165, 1.54) is 17.2 Å². The molecule has 1 aromatic rings. The van der Waals surface area contributed by atoms with Crippen LogP contribution in [0.15, 0.2) is 18.3 Å². The summed E-state index contributed by atoms with van der Waals surface area (Å²) in [4.78, 5) is 28.0. The Balaban J connectivity index is 2.90. The minimum absolute atomic E-state index is 0.157. The molecule has 0 aromatic carbocycles. The Morgan fingerprint density at radius 1 is 1.50 bits per heavy atom. The number of rotatable bonds is 5. The molecule has 0 bridgehead atoms. The number of halogens is 1. The Kier molecular flexibility index (Phi) is 5.09. The van der Waals surface area contributed by atoms with E-state index >= 15 is 0 Å². The minimum atomic E-state index is -1.05. The van der Waals surface area contributed by atoms with E-state index in [9.17, 15) is 9.59 Å². The van der Waals surface area contributed by atoms with Crippen LogP contribution in [0.5, 0.6) is 0 Å². The van der Waals surface area contributed by atoms with Gasteiger partial charge < -0.3 is 10.0 Å². The van der Waals surface area contributed by atoms with Crippen molar-refractivity contribution in [1.29, 1.82) is 0 Å². The van der Waals surface area contributed by atoms with E-state index in [-0.39, 0.29) is 18.2 Å². The van der Waals surface area contributed by atoms with Crippen molar-refractivity contribution < 1.29 is 14.7 Å². The summed E-state index contributed by atoms with van der Waals surface area (Å²) in [5.74, 6) is -1.30. The quantitative estimate of drug-likeness (QED) is 0.887. The highest BCUT2D eigenvalue weighted by Crippen LogP contribution is 2.11. The van der Waals surface area contributed by atoms with E-state index in [2.05, 4.69) is 4.98 Å². The third kappa shape index (κ3) is 4.33. The molecule has 1 aromatic heterocycles. The van der Waals surface area contributed by atoms with Crippen LogP contribution in [0.4, 0.5) is 0 Å². The lowest BCUT2D eigenvalue weighted by Crippen LogP contribution is -2.38. The van der Waals surface area contributed by atoms with E-state index in [0.29, 0.717) is 11.6 Å². The van der Waals surface area contributed by atoms with Gasteiger partial charge >= 0.3 is 5.97 Å². The van der Waals surface area contributed by atoms with Gasteiger partial charge in [-0.1, -0.05) is 25.4 Å². The van der Waals surface area contributed by atoms with Crippen molar-refractivity contribution in [2.24, 2.45) is 5.92 Å². The first-order chi connectivity index (χ1) is 8.40. The van der Waals surface area contributed by atoms with Crippen LogP contribution in [-0.4, -0.2) is 40.0 Å². The molecule has 0 spiro atoms. The Hall–Kier alpha value is -1.62. The molecule has 98 valence electrons. The van der Waals surface area contributed by atoms with Crippen LogP contribution in [0.25, 0.3) is 0 Å². The number of aliphatic carboxylic acids is 1. The molecule has 0 aliphatic rings. The lowest BCUT2D eigenvalue weighted by molar-refractivity contribution is -0.137. The normalized spacial score (nSPS) is 10.4. The second-order valence-electron chi connectivity index (χ2n) is 4.33. The molecule has 0 atom stereocenters. The summed E-state index contributed by atoms with van der Waals surface area (Å²) in [6.07, 6.45) is 1.42. The summed E-state index contributed by atoms with van der Waals surface area (Å²) in [6, 6.07) is 2.99. The molecule has 0 radical (unpaired) electrons. The summed E-state index contributed by atoms with van der Waals surface area (Å²) >= 11 is 5.78. The van der Waals surface area contributed by atoms with Gasteiger partial charge in [0.1, 0.15) is 12.2 Å². The molecule has 1 amide bonds. The zero-order valence-corrected chi connectivity index (χ0v) is 11.0. The monoisotopic (exact) mass is 270 g/mol. The van der Waals surface area contributed by atoms with E-state index in [1.807, 2.05) is 13.8 Å². The van der Waals surface area contributed by atoms with Crippen LogP contribution in [0.2, 0.25) is 5.02 Å². The number of hydrogen-bond donors (Lipinski definition) is 1. The molecular weight excluding hydrogens is 256 g/mol. The first kappa shape index (κ1) is 14.4. The van der Waals surface area contributed by atoms with Crippen molar-refractivity contribution in [3.05, 3.63) is 29.0 Å². The fourth-order valence-electron chi connectivity index (χ4n) is 1.51. The lowest BCUT2D eigenvalue weighted by atomic mass is 10.2. The van der Waals surface area contributed by atoms with Gasteiger partial charge in [-0.25, -0.2) is 0 Å². The van der Waals surface area contributed by atoms with Gasteiger partial charge in [0.2, 0.25) is 0 Å². The summed E-state index contributed by atoms with van der Waals surface area (Å²) in [6.45, 7) is 3.84. The van der Waals surface area contributed by atoms with Crippen LogP contribution in [0.3, 0.4) is 0 Å². The SMILES string of the molecule is CC(C)CN(CC(=O)O)C(=O)c1cc(Cl)ccn1. The molecule has 0 aliphatic carbocycles. The Bertz CT molecular complexity index is 449. The summed E-state index contributed by atoms with van der Waals surface area (Å²) in [5.41, 5.74) is 0.157. The molecule has 1 heterocycles. The highest BCUT2D eigenvalue weighted by Gasteiger charge is 2.20. The van der Waals surface area contributed by atoms with Gasteiger partial charge in [-0.3, -0.25) is 14.6 Å². The zero-order chi connectivity index (χ0) is 13.7. The van der Waals surface area contributed by atoms with E-state index in [1.54, 1.807) is 6.07 Å². The Morgan fingerprint density at radius 2 is 2.17 bits per heavy atom. The highest BCUT2D eigenvalue weighted by molar-refractivity contribution is 6.30. The fourth-order valence-corrected chi connectivity index (χ4v) is 1.67. The summed E-state index contributed by atoms with van der Waals surface area (Å²) < 4.78 is 0. The van der Waals surface area contributed by atoms with Crippen molar-refractivity contribution in [1.82, 2.24) is 9.88 Å². The molecule has 0 fully saturated rings. The third-order valence-corrected chi connectivity index (χ3v) is 2.38. The number of carbonyl (C=O) groups is 2. The smallest absolute Gasteiger partial charge is 0.323 e. The van der Waals surface area contributed by atoms with Crippen molar-refractivity contribution >= 4 is 23.5 Å². The predicted molar refractivity (Wildman–Crippen MR) is 67.6 cm³/mol. The first-order valence-corrected chi connectivity index (χ1v) is 5.90. The first-order valence-electron chi connectivity index (χ1n) is 5.52. The van der Waals surface area contributed by atoms with Gasteiger partial charge in [-0.2, -0.15) is 0 Å². The van der Waals surface area contributed by atoms with E-state index in [4.69, 9.17) is 16.7 Å². The third-order valence-electron chi connectivity index (χ3n) is 2.14. The van der Waals surface area contributed by atoms with Crippen LogP contribution >= 0.6 is 11.6 Å². The highest BCUT2D eigenvalue weighted by atomic mass is 35.5. The van der Waals surface area contributed by atoms with Crippen molar-refractivity contribution in [2.75, 3.05) is 13.1 Å². The molecule has 0 unspecified atom stereocenters. The van der Waals surface area contributed by atoms with E-state index in [0.717, 1.165) is 0 Å². The average molecular weight is 271 g/mol. The predicted octanol–water partition coefficient (Wildman–Crippen LogP) is 1.92. The van der Waals surface area contributed by atoms with Gasteiger partial charge in [-0.05, 0) is 18.1 Å². The molecule has 18 heavy (non-hydrogen) atoms. The standard InChI is InChI=1S/C12H15ClN2O3/c1-8(2)6-15(7-11(16)17)12(18)10-5-9(13)3-4-14-10/h3-5,8H,6-7H2,1-2H3,(H,16,17). The van der Waals surface area contributed by atoms with Gasteiger partial charge in [0.25, 0.3) is 5.91 Å². The number of carboxylic acids is 1. The molecule has 1 N–H and O–H groups in total. The average Bonchev–Trinajstić information content (AvgIpc) is 2.26. The minimum Gasteiger partial charge on any atom is -0.480 e. The number of carbonyl (C=O) groups excluding carboxylic acids is 1. The van der Waals surface area contributed by atoms with Crippen LogP contribution in [0, 0.1) is 5.92 Å². The zero-order valence-electron chi connectivity index (χ0n) is 10.3. The fraction of sp³-hybridized carbons (Fsp3) is 0.417. The van der Waals surface area contributed by atoms with Gasteiger partial charge in [0.05, 0.1) is 0 Å². The van der Waals surface area contributed by atoms with Gasteiger partial charge in [0.15, 0.2) is 0 Å². The van der Waals surface area contributed by atoms with Crippen molar-refractivity contribution in [3.63, 3.8) is 0 Å². The molecular formula is C12H15ClN2O3. The number of aromatic nitrogens is 1. The molecule has 6 heteroatoms. The van der Waals surface area contributed by atoms with E-state index < -0.39 is 11.9 Å². The number of hydrogen-bond acceptors (Lipinski definition) is 3. The maximum absolute atomic E-state index is 12.1. The molecule has 0 saturated heterocycles. The largest absolute Gasteiger partial charge is 0.480 e. The molecule has 5 nitrogen and oxygen atoms in total. The lowest BCUT2D eigenvalue weighted by Gasteiger charge is -2.22. The van der Waals surface area contributed by atoms with Crippen LogP contribution in [0.1, 0.15) is 24.3 Å². The number of pyridine rings is 1. The molecule has 0 saturated carbocycles. The summed E-state index contributed by atoms with van der Waals surface area (Å²) in [7, 11) is 0. The number of amides is 1. The van der Waals surface area contributed by atoms with Crippen LogP contribution < -0.4 is 0 Å². The maximum atomic E-state index is 12.1.